The van der Waals surface area contributed by atoms with Crippen molar-refractivity contribution in [3.05, 3.63) is 0 Å². The minimum Gasteiger partial charge on any atom is -0.756 e. The van der Waals surface area contributed by atoms with Gasteiger partial charge < -0.3 is 14.5 Å². The fourth-order valence-electron chi connectivity index (χ4n) is 1.89. The number of phosphoric ester groups is 1. The van der Waals surface area contributed by atoms with Gasteiger partial charge in [0.2, 0.25) is 6.17 Å². The van der Waals surface area contributed by atoms with Gasteiger partial charge in [-0.1, -0.05) is 0 Å². The van der Waals surface area contributed by atoms with Crippen molar-refractivity contribution in [2.45, 2.75) is 66.8 Å². The molecule has 0 spiro atoms. The molecular formula is C13H10ClF17NaO5P. The second-order valence-electron chi connectivity index (χ2n) is 6.70. The van der Waals surface area contributed by atoms with Crippen molar-refractivity contribution < 1.29 is 128 Å². The van der Waals surface area contributed by atoms with Crippen molar-refractivity contribution >= 4 is 19.4 Å². The zero-order valence-corrected chi connectivity index (χ0v) is 21.3. The van der Waals surface area contributed by atoms with Crippen molar-refractivity contribution in [2.75, 3.05) is 12.5 Å². The van der Waals surface area contributed by atoms with Crippen LogP contribution in [0.4, 0.5) is 74.6 Å². The molecule has 0 aromatic heterocycles. The smallest absolute Gasteiger partial charge is 0.756 e. The van der Waals surface area contributed by atoms with Gasteiger partial charge in [0.25, 0.3) is 20.6 Å². The van der Waals surface area contributed by atoms with Gasteiger partial charge in [-0.2, -0.15) is 52.7 Å². The number of phosphoric acid groups is 1. The first-order valence-corrected chi connectivity index (χ1v) is 10.4. The van der Waals surface area contributed by atoms with Crippen LogP contribution in [0.3, 0.4) is 0 Å². The fourth-order valence-corrected chi connectivity index (χ4v) is 2.75. The first-order chi connectivity index (χ1) is 16.1. The molecule has 0 aromatic carbocycles. The van der Waals surface area contributed by atoms with Crippen LogP contribution in [0.2, 0.25) is 0 Å². The third kappa shape index (κ3) is 7.32. The molecule has 224 valence electrons. The van der Waals surface area contributed by atoms with E-state index in [0.29, 0.717) is 0 Å². The van der Waals surface area contributed by atoms with Gasteiger partial charge in [-0.3, -0.25) is 9.09 Å². The summed E-state index contributed by atoms with van der Waals surface area (Å²) < 4.78 is 242. The molecule has 0 amide bonds. The zero-order chi connectivity index (χ0) is 30.2. The summed E-state index contributed by atoms with van der Waals surface area (Å²) in [6, 6.07) is 0. The first-order valence-electron chi connectivity index (χ1n) is 8.45. The molecular weight excluding hydrogens is 649 g/mol. The molecule has 5 atom stereocenters. The van der Waals surface area contributed by atoms with Gasteiger partial charge in [0.05, 0.1) is 18.6 Å². The largest absolute Gasteiger partial charge is 1.00 e. The zero-order valence-electron chi connectivity index (χ0n) is 17.6. The molecule has 38 heavy (non-hydrogen) atoms. The van der Waals surface area contributed by atoms with Gasteiger partial charge in [0.15, 0.2) is 6.17 Å². The Labute approximate surface area is 226 Å². The van der Waals surface area contributed by atoms with Crippen LogP contribution >= 0.6 is 19.4 Å². The van der Waals surface area contributed by atoms with Crippen molar-refractivity contribution in [1.29, 1.82) is 0 Å². The molecule has 0 rings (SSSR count). The molecule has 1 N–H and O–H groups in total. The van der Waals surface area contributed by atoms with Crippen LogP contribution in [0.25, 0.3) is 0 Å². The second kappa shape index (κ2) is 13.0. The minimum atomic E-state index is -8.62. The third-order valence-electron chi connectivity index (χ3n) is 4.00. The van der Waals surface area contributed by atoms with Gasteiger partial charge in [0, 0.05) is 0 Å². The Hall–Kier alpha value is 0.170. The van der Waals surface area contributed by atoms with Crippen LogP contribution in [0, 0.1) is 0 Å². The third-order valence-corrected chi connectivity index (χ3v) is 5.26. The van der Waals surface area contributed by atoms with E-state index in [4.69, 9.17) is 16.7 Å². The second-order valence-corrected chi connectivity index (χ2v) is 8.37. The maximum absolute atomic E-state index is 13.6. The molecule has 25 heteroatoms. The van der Waals surface area contributed by atoms with Crippen LogP contribution in [0.5, 0.6) is 0 Å². The average molecular weight is 659 g/mol. The van der Waals surface area contributed by atoms with Crippen LogP contribution in [0.1, 0.15) is 0 Å². The van der Waals surface area contributed by atoms with E-state index in [1.165, 1.54) is 0 Å². The Balaban J connectivity index is 0. The van der Waals surface area contributed by atoms with E-state index in [1.807, 2.05) is 0 Å². The van der Waals surface area contributed by atoms with E-state index >= 15 is 0 Å². The number of aliphatic hydroxyl groups excluding tert-OH is 1. The normalized spacial score (nSPS) is 19.4. The maximum atomic E-state index is 13.6. The number of alkyl halides is 18. The minimum absolute atomic E-state index is 0. The maximum Gasteiger partial charge on any atom is 1.00 e. The Morgan fingerprint density at radius 3 is 1.47 bits per heavy atom. The molecule has 0 saturated heterocycles. The van der Waals surface area contributed by atoms with E-state index in [2.05, 4.69) is 9.05 Å². The Morgan fingerprint density at radius 2 is 1.13 bits per heavy atom. The molecule has 5 nitrogen and oxygen atoms in total. The summed E-state index contributed by atoms with van der Waals surface area (Å²) in [7, 11) is -6.69. The summed E-state index contributed by atoms with van der Waals surface area (Å²) in [4.78, 5) is 11.1. The standard InChI is InChI=1S/C13H11ClF17O5P.Na/c14-1-3(32)2-35-37(33,34)36-7(19)9(22,23)11(26,27)13(30,31)12(28,29)10(24,25)8(20,21)5(16)4(15)6(17)18;/h3-7,32H,1-2H2,(H,33,34);/q;+1/p-1. The Morgan fingerprint density at radius 1 is 0.763 bits per heavy atom. The van der Waals surface area contributed by atoms with E-state index < -0.39 is 87.1 Å². The average Bonchev–Trinajstić information content (AvgIpc) is 2.74. The van der Waals surface area contributed by atoms with Crippen LogP contribution in [-0.4, -0.2) is 84.4 Å². The molecule has 0 fully saturated rings. The number of aliphatic hydroxyl groups is 1. The predicted octanol–water partition coefficient (Wildman–Crippen LogP) is 2.14. The number of rotatable bonds is 15. The Kier molecular flexibility index (Phi) is 13.8. The number of hydrogen-bond acceptors (Lipinski definition) is 5. The van der Waals surface area contributed by atoms with Gasteiger partial charge in [-0.15, -0.1) is 11.6 Å². The van der Waals surface area contributed by atoms with Gasteiger partial charge in [0.1, 0.15) is 0 Å². The Bertz CT molecular complexity index is 821. The molecule has 0 aliphatic carbocycles. The van der Waals surface area contributed by atoms with Crippen LogP contribution in [0.15, 0.2) is 0 Å². The van der Waals surface area contributed by atoms with Crippen molar-refractivity contribution in [3.8, 4) is 0 Å². The van der Waals surface area contributed by atoms with Gasteiger partial charge in [-0.25, -0.2) is 22.0 Å². The summed E-state index contributed by atoms with van der Waals surface area (Å²) in [6.45, 7) is -1.59. The molecule has 0 aliphatic rings. The summed E-state index contributed by atoms with van der Waals surface area (Å²) in [6.07, 6.45) is -23.7. The summed E-state index contributed by atoms with van der Waals surface area (Å²) >= 11 is 4.93. The van der Waals surface area contributed by atoms with Gasteiger partial charge >= 0.3 is 65.1 Å². The topological polar surface area (TPSA) is 78.8 Å². The van der Waals surface area contributed by atoms with Crippen LogP contribution in [-0.2, 0) is 13.6 Å². The predicted molar refractivity (Wildman–Crippen MR) is 81.7 cm³/mol. The van der Waals surface area contributed by atoms with E-state index in [1.54, 1.807) is 0 Å². The quantitative estimate of drug-likeness (QED) is 0.126. The molecule has 0 aliphatic heterocycles. The molecule has 0 saturated carbocycles. The molecule has 0 aromatic rings. The van der Waals surface area contributed by atoms with Crippen molar-refractivity contribution in [3.63, 3.8) is 0 Å². The summed E-state index contributed by atoms with van der Waals surface area (Å²) in [5, 5.41) is 8.85. The van der Waals surface area contributed by atoms with E-state index in [9.17, 15) is 84.1 Å². The summed E-state index contributed by atoms with van der Waals surface area (Å²) in [5.74, 6) is -50.2. The van der Waals surface area contributed by atoms with E-state index in [0.717, 1.165) is 0 Å². The molecule has 0 bridgehead atoms. The number of halogens is 18. The van der Waals surface area contributed by atoms with E-state index in [-0.39, 0.29) is 29.6 Å². The van der Waals surface area contributed by atoms with Crippen LogP contribution < -0.4 is 34.5 Å². The monoisotopic (exact) mass is 658 g/mol. The van der Waals surface area contributed by atoms with Gasteiger partial charge in [-0.05, 0) is 0 Å². The molecule has 0 heterocycles. The van der Waals surface area contributed by atoms with Crippen molar-refractivity contribution in [2.24, 2.45) is 0 Å². The summed E-state index contributed by atoms with van der Waals surface area (Å²) in [5.41, 5.74) is 0. The SMILES string of the molecule is O=P([O-])(OCC(O)CCl)OC(F)C(F)(F)C(F)(F)C(F)(F)C(F)(F)C(F)(F)C(F)(F)C(F)C(F)C(F)F.[Na+]. The first kappa shape index (κ1) is 40.3. The number of hydrogen-bond donors (Lipinski definition) is 1. The molecule has 5 unspecified atom stereocenters. The molecule has 0 radical (unpaired) electrons. The van der Waals surface area contributed by atoms with Crippen molar-refractivity contribution in [1.82, 2.24) is 0 Å². The fraction of sp³-hybridized carbons (Fsp3) is 1.00.